The van der Waals surface area contributed by atoms with Crippen molar-refractivity contribution < 1.29 is 26.7 Å². The van der Waals surface area contributed by atoms with Gasteiger partial charge in [-0.2, -0.15) is 22.0 Å². The van der Waals surface area contributed by atoms with Crippen molar-refractivity contribution in [3.63, 3.8) is 0 Å². The number of fused-ring (bicyclic) bond motifs is 1. The Morgan fingerprint density at radius 2 is 1.90 bits per heavy atom. The summed E-state index contributed by atoms with van der Waals surface area (Å²) in [4.78, 5) is 11.0. The van der Waals surface area contributed by atoms with Crippen LogP contribution < -0.4 is 10.6 Å². The summed E-state index contributed by atoms with van der Waals surface area (Å²) in [5, 5.41) is 4.57. The zero-order valence-corrected chi connectivity index (χ0v) is 10.2. The number of carbonyl (C=O) groups is 1. The Kier molecular flexibility index (Phi) is 3.58. The number of halogens is 5. The van der Waals surface area contributed by atoms with Gasteiger partial charge in [-0.1, -0.05) is 6.07 Å². The van der Waals surface area contributed by atoms with E-state index in [9.17, 15) is 26.7 Å². The van der Waals surface area contributed by atoms with Gasteiger partial charge < -0.3 is 10.6 Å². The highest BCUT2D eigenvalue weighted by molar-refractivity contribution is 5.97. The zero-order chi connectivity index (χ0) is 15.0. The lowest BCUT2D eigenvalue weighted by Crippen LogP contribution is -2.47. The molecular weight excluding hydrogens is 283 g/mol. The van der Waals surface area contributed by atoms with E-state index in [0.29, 0.717) is 12.2 Å². The molecule has 0 spiro atoms. The maximum absolute atomic E-state index is 12.8. The van der Waals surface area contributed by atoms with Crippen LogP contribution in [0.2, 0.25) is 0 Å². The van der Waals surface area contributed by atoms with Crippen molar-refractivity contribution >= 4 is 17.3 Å². The van der Waals surface area contributed by atoms with Crippen molar-refractivity contribution in [2.24, 2.45) is 0 Å². The first kappa shape index (κ1) is 14.5. The van der Waals surface area contributed by atoms with Crippen LogP contribution >= 0.6 is 0 Å². The summed E-state index contributed by atoms with van der Waals surface area (Å²) in [6, 6.07) is 4.23. The Labute approximate surface area is 111 Å². The fourth-order valence-electron chi connectivity index (χ4n) is 1.88. The van der Waals surface area contributed by atoms with Gasteiger partial charge in [-0.3, -0.25) is 4.79 Å². The van der Waals surface area contributed by atoms with Gasteiger partial charge in [-0.25, -0.2) is 0 Å². The molecule has 0 aromatic heterocycles. The molecule has 20 heavy (non-hydrogen) atoms. The minimum absolute atomic E-state index is 0.105. The normalized spacial score (nSPS) is 15.2. The third-order valence-electron chi connectivity index (χ3n) is 2.95. The van der Waals surface area contributed by atoms with Crippen LogP contribution in [0.3, 0.4) is 0 Å². The van der Waals surface area contributed by atoms with Crippen molar-refractivity contribution in [2.45, 2.75) is 24.9 Å². The highest BCUT2D eigenvalue weighted by Crippen LogP contribution is 2.36. The number of hydrogen-bond donors (Lipinski definition) is 2. The average molecular weight is 294 g/mol. The third kappa shape index (κ3) is 2.68. The largest absolute Gasteiger partial charge is 0.463 e. The van der Waals surface area contributed by atoms with Crippen molar-refractivity contribution in [3.8, 4) is 0 Å². The van der Waals surface area contributed by atoms with E-state index in [4.69, 9.17) is 0 Å². The lowest BCUT2D eigenvalue weighted by atomic mass is 10.0. The first-order valence-electron chi connectivity index (χ1n) is 5.84. The minimum atomic E-state index is -5.91. The number of amides is 1. The second kappa shape index (κ2) is 4.92. The molecule has 0 fully saturated rings. The van der Waals surface area contributed by atoms with Crippen LogP contribution in [0.1, 0.15) is 12.0 Å². The topological polar surface area (TPSA) is 41.1 Å². The smallest absolute Gasteiger partial charge is 0.385 e. The second-order valence-corrected chi connectivity index (χ2v) is 4.43. The summed E-state index contributed by atoms with van der Waals surface area (Å²) in [7, 11) is 0. The van der Waals surface area contributed by atoms with E-state index in [1.807, 2.05) is 0 Å². The number of benzene rings is 1. The average Bonchev–Trinajstić information content (AvgIpc) is 2.37. The van der Waals surface area contributed by atoms with Gasteiger partial charge in [0.15, 0.2) is 0 Å². The number of alkyl halides is 5. The first-order chi connectivity index (χ1) is 9.22. The Hall–Kier alpha value is -1.86. The molecule has 0 radical (unpaired) electrons. The summed E-state index contributed by atoms with van der Waals surface area (Å²) in [6.07, 6.45) is -4.22. The lowest BCUT2D eigenvalue weighted by molar-refractivity contribution is -0.267. The Morgan fingerprint density at radius 3 is 2.55 bits per heavy atom. The molecule has 1 aliphatic heterocycles. The van der Waals surface area contributed by atoms with Crippen LogP contribution in [0.4, 0.5) is 33.3 Å². The molecule has 2 rings (SSSR count). The molecule has 1 amide bonds. The van der Waals surface area contributed by atoms with E-state index in [1.165, 1.54) is 12.1 Å². The Balaban J connectivity index is 2.16. The minimum Gasteiger partial charge on any atom is -0.385 e. The fraction of sp³-hybridized carbons (Fsp3) is 0.417. The molecule has 0 bridgehead atoms. The molecule has 0 unspecified atom stereocenters. The van der Waals surface area contributed by atoms with Crippen LogP contribution in [-0.2, 0) is 11.2 Å². The molecule has 8 heteroatoms. The SMILES string of the molecule is O=C(Nc1ccc2c(c1)NCCC2)C(F)(F)C(F)(F)F. The molecule has 1 heterocycles. The van der Waals surface area contributed by atoms with E-state index >= 15 is 0 Å². The van der Waals surface area contributed by atoms with Gasteiger partial charge in [-0.15, -0.1) is 0 Å². The van der Waals surface area contributed by atoms with Crippen molar-refractivity contribution in [1.29, 1.82) is 0 Å². The molecule has 110 valence electrons. The Morgan fingerprint density at radius 1 is 1.20 bits per heavy atom. The third-order valence-corrected chi connectivity index (χ3v) is 2.95. The van der Waals surface area contributed by atoms with E-state index in [2.05, 4.69) is 5.32 Å². The van der Waals surface area contributed by atoms with Crippen LogP contribution in [0.15, 0.2) is 18.2 Å². The quantitative estimate of drug-likeness (QED) is 0.823. The van der Waals surface area contributed by atoms with E-state index in [1.54, 1.807) is 11.4 Å². The highest BCUT2D eigenvalue weighted by atomic mass is 19.4. The van der Waals surface area contributed by atoms with Gasteiger partial charge in [-0.05, 0) is 30.5 Å². The molecule has 2 N–H and O–H groups in total. The van der Waals surface area contributed by atoms with Gasteiger partial charge in [0, 0.05) is 17.9 Å². The number of rotatable bonds is 2. The molecule has 1 aromatic rings. The molecule has 3 nitrogen and oxygen atoms in total. The van der Waals surface area contributed by atoms with E-state index < -0.39 is 18.0 Å². The predicted molar refractivity (Wildman–Crippen MR) is 62.9 cm³/mol. The molecule has 0 saturated carbocycles. The summed E-state index contributed by atoms with van der Waals surface area (Å²) >= 11 is 0. The second-order valence-electron chi connectivity index (χ2n) is 4.43. The first-order valence-corrected chi connectivity index (χ1v) is 5.84. The summed E-state index contributed by atoms with van der Waals surface area (Å²) in [5.41, 5.74) is 1.45. The van der Waals surface area contributed by atoms with Crippen LogP contribution in [-0.4, -0.2) is 24.6 Å². The van der Waals surface area contributed by atoms with Crippen LogP contribution in [0.25, 0.3) is 0 Å². The molecule has 0 saturated heterocycles. The Bertz CT molecular complexity index is 527. The van der Waals surface area contributed by atoms with Gasteiger partial charge in [0.1, 0.15) is 0 Å². The summed E-state index contributed by atoms with van der Waals surface area (Å²) in [6.45, 7) is 0.684. The molecule has 0 atom stereocenters. The highest BCUT2D eigenvalue weighted by Gasteiger charge is 2.63. The van der Waals surface area contributed by atoms with E-state index in [0.717, 1.165) is 18.4 Å². The number of anilines is 2. The van der Waals surface area contributed by atoms with Crippen molar-refractivity contribution in [3.05, 3.63) is 23.8 Å². The van der Waals surface area contributed by atoms with Crippen LogP contribution in [0, 0.1) is 0 Å². The maximum atomic E-state index is 12.8. The predicted octanol–water partition coefficient (Wildman–Crippen LogP) is 3.18. The lowest BCUT2D eigenvalue weighted by Gasteiger charge is -2.21. The van der Waals surface area contributed by atoms with Gasteiger partial charge in [0.05, 0.1) is 0 Å². The number of aryl methyl sites for hydroxylation is 1. The molecule has 1 aromatic carbocycles. The van der Waals surface area contributed by atoms with Gasteiger partial charge in [0.2, 0.25) is 0 Å². The molecular formula is C12H11F5N2O. The standard InChI is InChI=1S/C12H11F5N2O/c13-11(14,12(15,16)17)10(20)19-8-4-3-7-2-1-5-18-9(7)6-8/h3-4,6,18H,1-2,5H2,(H,19,20). The van der Waals surface area contributed by atoms with Crippen LogP contribution in [0.5, 0.6) is 0 Å². The summed E-state index contributed by atoms with van der Waals surface area (Å²) in [5.74, 6) is -7.81. The monoisotopic (exact) mass is 294 g/mol. The molecule has 0 aliphatic carbocycles. The summed E-state index contributed by atoms with van der Waals surface area (Å²) < 4.78 is 61.7. The fourth-order valence-corrected chi connectivity index (χ4v) is 1.88. The zero-order valence-electron chi connectivity index (χ0n) is 10.2. The van der Waals surface area contributed by atoms with Gasteiger partial charge in [0.25, 0.3) is 0 Å². The maximum Gasteiger partial charge on any atom is 0.463 e. The number of hydrogen-bond acceptors (Lipinski definition) is 2. The van der Waals surface area contributed by atoms with Crippen molar-refractivity contribution in [2.75, 3.05) is 17.2 Å². The van der Waals surface area contributed by atoms with Gasteiger partial charge >= 0.3 is 18.0 Å². The van der Waals surface area contributed by atoms with Crippen molar-refractivity contribution in [1.82, 2.24) is 0 Å². The number of carbonyl (C=O) groups excluding carboxylic acids is 1. The molecule has 1 aliphatic rings. The number of nitrogens with one attached hydrogen (secondary N) is 2. The van der Waals surface area contributed by atoms with E-state index in [-0.39, 0.29) is 5.69 Å².